The number of carbonyl (C=O) groups excluding carboxylic acids is 2. The zero-order chi connectivity index (χ0) is 15.4. The van der Waals surface area contributed by atoms with Crippen LogP contribution in [0, 0.1) is 0 Å². The van der Waals surface area contributed by atoms with E-state index in [0.29, 0.717) is 24.4 Å². The van der Waals surface area contributed by atoms with Crippen LogP contribution in [-0.4, -0.2) is 48.5 Å². The molecule has 1 fully saturated rings. The van der Waals surface area contributed by atoms with Crippen LogP contribution in [0.2, 0.25) is 0 Å². The maximum atomic E-state index is 12.5. The summed E-state index contributed by atoms with van der Waals surface area (Å²) < 4.78 is 5.17. The molecule has 114 valence electrons. The summed E-state index contributed by atoms with van der Waals surface area (Å²) in [6.45, 7) is 5.36. The summed E-state index contributed by atoms with van der Waals surface area (Å²) in [5, 5.41) is 3.39. The summed E-state index contributed by atoms with van der Waals surface area (Å²) in [5.74, 6) is 0.00277. The lowest BCUT2D eigenvalue weighted by Crippen LogP contribution is -2.55. The van der Waals surface area contributed by atoms with Gasteiger partial charge in [-0.05, 0) is 38.1 Å². The second-order valence-electron chi connectivity index (χ2n) is 5.46. The molecule has 1 aromatic carbocycles. The van der Waals surface area contributed by atoms with Crippen LogP contribution < -0.4 is 15.8 Å². The number of nitrogens with two attached hydrogens (primary N) is 1. The van der Waals surface area contributed by atoms with Crippen molar-refractivity contribution in [2.45, 2.75) is 25.9 Å². The molecule has 0 spiro atoms. The van der Waals surface area contributed by atoms with E-state index in [1.54, 1.807) is 24.3 Å². The number of nitrogens with one attached hydrogen (secondary N) is 1. The number of piperazine rings is 1. The summed E-state index contributed by atoms with van der Waals surface area (Å²) in [7, 11) is 0. The average Bonchev–Trinajstić information content (AvgIpc) is 2.44. The van der Waals surface area contributed by atoms with Gasteiger partial charge in [-0.2, -0.15) is 0 Å². The van der Waals surface area contributed by atoms with Crippen LogP contribution in [0.1, 0.15) is 24.2 Å². The first-order valence-electron chi connectivity index (χ1n) is 7.02. The molecule has 1 aliphatic heterocycles. The minimum atomic E-state index is -0.529. The van der Waals surface area contributed by atoms with E-state index in [1.807, 2.05) is 4.90 Å². The Morgan fingerprint density at radius 2 is 1.81 bits per heavy atom. The SMILES string of the molecule is C[C@@H]1CN(C(=O)c2ccc(OCC(N)=O)cc2)C[C@H](C)N1. The summed E-state index contributed by atoms with van der Waals surface area (Å²) >= 11 is 0. The van der Waals surface area contributed by atoms with Crippen molar-refractivity contribution in [3.8, 4) is 5.75 Å². The number of nitrogens with zero attached hydrogens (tertiary/aromatic N) is 1. The van der Waals surface area contributed by atoms with Gasteiger partial charge in [0.25, 0.3) is 11.8 Å². The molecule has 0 unspecified atom stereocenters. The molecule has 1 saturated heterocycles. The topological polar surface area (TPSA) is 84.7 Å². The minimum absolute atomic E-state index is 0.0108. The molecule has 0 aromatic heterocycles. The quantitative estimate of drug-likeness (QED) is 0.839. The molecule has 1 heterocycles. The second-order valence-corrected chi connectivity index (χ2v) is 5.46. The second kappa shape index (κ2) is 6.58. The number of rotatable bonds is 4. The molecule has 0 radical (unpaired) electrons. The molecule has 1 aliphatic rings. The molecule has 6 heteroatoms. The molecule has 21 heavy (non-hydrogen) atoms. The lowest BCUT2D eigenvalue weighted by atomic mass is 10.1. The smallest absolute Gasteiger partial charge is 0.255 e. The molecule has 2 amide bonds. The Hall–Kier alpha value is -2.08. The lowest BCUT2D eigenvalue weighted by Gasteiger charge is -2.36. The summed E-state index contributed by atoms with van der Waals surface area (Å²) in [4.78, 5) is 25.0. The van der Waals surface area contributed by atoms with Crippen LogP contribution in [0.3, 0.4) is 0 Å². The molecular weight excluding hydrogens is 270 g/mol. The van der Waals surface area contributed by atoms with E-state index in [4.69, 9.17) is 10.5 Å². The van der Waals surface area contributed by atoms with Gasteiger partial charge in [-0.15, -0.1) is 0 Å². The third kappa shape index (κ3) is 4.19. The molecule has 2 rings (SSSR count). The number of benzene rings is 1. The summed E-state index contributed by atoms with van der Waals surface area (Å²) in [6, 6.07) is 7.33. The first-order chi connectivity index (χ1) is 9.95. The standard InChI is InChI=1S/C15H21N3O3/c1-10-7-18(8-11(2)17-10)15(20)12-3-5-13(6-4-12)21-9-14(16)19/h3-6,10-11,17H,7-9H2,1-2H3,(H2,16,19)/t10-,11+. The van der Waals surface area contributed by atoms with Crippen molar-refractivity contribution in [2.75, 3.05) is 19.7 Å². The van der Waals surface area contributed by atoms with Crippen molar-refractivity contribution < 1.29 is 14.3 Å². The number of primary amides is 1. The number of ether oxygens (including phenoxy) is 1. The Kier molecular flexibility index (Phi) is 4.80. The van der Waals surface area contributed by atoms with E-state index in [0.717, 1.165) is 0 Å². The highest BCUT2D eigenvalue weighted by Crippen LogP contribution is 2.15. The zero-order valence-corrected chi connectivity index (χ0v) is 12.3. The number of hydrogen-bond acceptors (Lipinski definition) is 4. The van der Waals surface area contributed by atoms with E-state index >= 15 is 0 Å². The van der Waals surface area contributed by atoms with Gasteiger partial charge in [0.1, 0.15) is 5.75 Å². The maximum absolute atomic E-state index is 12.5. The van der Waals surface area contributed by atoms with E-state index in [1.165, 1.54) is 0 Å². The normalized spacial score (nSPS) is 21.9. The van der Waals surface area contributed by atoms with Gasteiger partial charge >= 0.3 is 0 Å². The molecule has 1 aromatic rings. The van der Waals surface area contributed by atoms with Gasteiger partial charge in [-0.1, -0.05) is 0 Å². The Balaban J connectivity index is 2.00. The van der Waals surface area contributed by atoms with Gasteiger partial charge in [0.15, 0.2) is 6.61 Å². The van der Waals surface area contributed by atoms with Crippen molar-refractivity contribution in [2.24, 2.45) is 5.73 Å². The third-order valence-corrected chi connectivity index (χ3v) is 3.33. The fourth-order valence-corrected chi connectivity index (χ4v) is 2.52. The van der Waals surface area contributed by atoms with Crippen LogP contribution in [-0.2, 0) is 4.79 Å². The Bertz CT molecular complexity index is 505. The monoisotopic (exact) mass is 291 g/mol. The number of carbonyl (C=O) groups is 2. The van der Waals surface area contributed by atoms with Crippen molar-refractivity contribution >= 4 is 11.8 Å². The molecule has 6 nitrogen and oxygen atoms in total. The highest BCUT2D eigenvalue weighted by molar-refractivity contribution is 5.94. The Morgan fingerprint density at radius 3 is 2.33 bits per heavy atom. The highest BCUT2D eigenvalue weighted by atomic mass is 16.5. The van der Waals surface area contributed by atoms with Crippen LogP contribution in [0.15, 0.2) is 24.3 Å². The largest absolute Gasteiger partial charge is 0.484 e. The van der Waals surface area contributed by atoms with Crippen molar-refractivity contribution in [1.82, 2.24) is 10.2 Å². The van der Waals surface area contributed by atoms with Crippen molar-refractivity contribution in [1.29, 1.82) is 0 Å². The fraction of sp³-hybridized carbons (Fsp3) is 0.467. The molecule has 0 bridgehead atoms. The molecule has 2 atom stereocenters. The van der Waals surface area contributed by atoms with E-state index in [9.17, 15) is 9.59 Å². The third-order valence-electron chi connectivity index (χ3n) is 3.33. The average molecular weight is 291 g/mol. The van der Waals surface area contributed by atoms with Gasteiger partial charge in [0.2, 0.25) is 0 Å². The van der Waals surface area contributed by atoms with Crippen molar-refractivity contribution in [3.05, 3.63) is 29.8 Å². The molecule has 0 saturated carbocycles. The Labute approximate surface area is 124 Å². The maximum Gasteiger partial charge on any atom is 0.255 e. The number of hydrogen-bond donors (Lipinski definition) is 2. The lowest BCUT2D eigenvalue weighted by molar-refractivity contribution is -0.119. The van der Waals surface area contributed by atoms with Crippen LogP contribution in [0.4, 0.5) is 0 Å². The molecule has 3 N–H and O–H groups in total. The molecular formula is C15H21N3O3. The Morgan fingerprint density at radius 1 is 1.24 bits per heavy atom. The minimum Gasteiger partial charge on any atom is -0.484 e. The van der Waals surface area contributed by atoms with Gasteiger partial charge in [0.05, 0.1) is 0 Å². The van der Waals surface area contributed by atoms with E-state index < -0.39 is 5.91 Å². The van der Waals surface area contributed by atoms with Gasteiger partial charge < -0.3 is 20.7 Å². The van der Waals surface area contributed by atoms with Crippen LogP contribution in [0.25, 0.3) is 0 Å². The predicted octanol–water partition coefficient (Wildman–Crippen LogP) is 0.373. The van der Waals surface area contributed by atoms with Gasteiger partial charge in [-0.25, -0.2) is 0 Å². The first-order valence-corrected chi connectivity index (χ1v) is 7.02. The van der Waals surface area contributed by atoms with Crippen molar-refractivity contribution in [3.63, 3.8) is 0 Å². The highest BCUT2D eigenvalue weighted by Gasteiger charge is 2.25. The zero-order valence-electron chi connectivity index (χ0n) is 12.3. The first kappa shape index (κ1) is 15.3. The summed E-state index contributed by atoms with van der Waals surface area (Å²) in [5.41, 5.74) is 5.62. The van der Waals surface area contributed by atoms with Crippen LogP contribution >= 0.6 is 0 Å². The molecule has 0 aliphatic carbocycles. The van der Waals surface area contributed by atoms with Crippen LogP contribution in [0.5, 0.6) is 5.75 Å². The predicted molar refractivity (Wildman–Crippen MR) is 79.1 cm³/mol. The fourth-order valence-electron chi connectivity index (χ4n) is 2.52. The van der Waals surface area contributed by atoms with Gasteiger partial charge in [0, 0.05) is 30.7 Å². The summed E-state index contributed by atoms with van der Waals surface area (Å²) in [6.07, 6.45) is 0. The van der Waals surface area contributed by atoms with E-state index in [-0.39, 0.29) is 24.6 Å². The number of amides is 2. The van der Waals surface area contributed by atoms with E-state index in [2.05, 4.69) is 19.2 Å². The van der Waals surface area contributed by atoms with Gasteiger partial charge in [-0.3, -0.25) is 9.59 Å².